The van der Waals surface area contributed by atoms with Crippen LogP contribution in [0, 0.1) is 17.6 Å². The van der Waals surface area contributed by atoms with E-state index in [0.717, 1.165) is 54.6 Å². The van der Waals surface area contributed by atoms with Crippen molar-refractivity contribution in [2.75, 3.05) is 13.6 Å². The van der Waals surface area contributed by atoms with Crippen molar-refractivity contribution in [2.24, 2.45) is 15.9 Å². The van der Waals surface area contributed by atoms with Crippen molar-refractivity contribution in [3.8, 4) is 11.4 Å². The normalized spacial score (nSPS) is 18.7. The number of hydrogen-bond acceptors (Lipinski definition) is 4. The summed E-state index contributed by atoms with van der Waals surface area (Å²) in [5, 5.41) is 2.90. The third-order valence-electron chi connectivity index (χ3n) is 6.16. The van der Waals surface area contributed by atoms with Crippen LogP contribution >= 0.6 is 0 Å². The lowest BCUT2D eigenvalue weighted by Crippen LogP contribution is -2.31. The summed E-state index contributed by atoms with van der Waals surface area (Å²) in [6.07, 6.45) is 3.08. The number of hydrogen-bond donors (Lipinski definition) is 1. The molecule has 0 radical (unpaired) electrons. The van der Waals surface area contributed by atoms with E-state index in [2.05, 4.69) is 52.9 Å². The minimum Gasteiger partial charge on any atom is -0.345 e. The highest BCUT2D eigenvalue weighted by Crippen LogP contribution is 2.28. The number of carbonyl (C=O) groups excluding carboxylic acids is 1. The standard InChI is InChI=1S/C24H30F2N6O.C4H10/c1-14(28-16(3)29-18-6-7-18)12-27-24(33)22-21-13-31(4)15(2)9-10-32(21)23(30-22)17-5-8-19(25)20(26)11-17;1-4(2)3/h5,8,11,15,18H,6-7,9-10,12-13H2,1-4H3,(H,27,33);4H,1-3H3. The molecule has 7 nitrogen and oxygen atoms in total. The van der Waals surface area contributed by atoms with E-state index in [4.69, 9.17) is 0 Å². The predicted molar refractivity (Wildman–Crippen MR) is 145 cm³/mol. The Hall–Kier alpha value is -2.94. The Labute approximate surface area is 219 Å². The van der Waals surface area contributed by atoms with Crippen molar-refractivity contribution in [2.45, 2.75) is 86.0 Å². The van der Waals surface area contributed by atoms with Gasteiger partial charge in [0.25, 0.3) is 5.91 Å². The van der Waals surface area contributed by atoms with Crippen molar-refractivity contribution in [1.82, 2.24) is 19.8 Å². The molecule has 1 N–H and O–H groups in total. The Bertz CT molecular complexity index is 1160. The molecule has 1 saturated carbocycles. The first-order valence-electron chi connectivity index (χ1n) is 13.1. The first kappa shape index (κ1) is 28.6. The van der Waals surface area contributed by atoms with Gasteiger partial charge in [0, 0.05) is 30.4 Å². The van der Waals surface area contributed by atoms with Crippen molar-refractivity contribution < 1.29 is 13.6 Å². The van der Waals surface area contributed by atoms with Crippen LogP contribution in [0.25, 0.3) is 11.4 Å². The first-order valence-corrected chi connectivity index (χ1v) is 13.1. The molecule has 1 amide bonds. The molecular formula is C28H40F2N6O. The molecule has 202 valence electrons. The molecule has 9 heteroatoms. The molecule has 0 spiro atoms. The molecule has 1 aliphatic heterocycles. The summed E-state index contributed by atoms with van der Waals surface area (Å²) in [6, 6.07) is 4.41. The highest BCUT2D eigenvalue weighted by atomic mass is 19.2. The van der Waals surface area contributed by atoms with Gasteiger partial charge in [-0.05, 0) is 71.2 Å². The molecule has 2 aliphatic rings. The summed E-state index contributed by atoms with van der Waals surface area (Å²) in [7, 11) is 2.00. The van der Waals surface area contributed by atoms with Crippen LogP contribution in [0.2, 0.25) is 0 Å². The summed E-state index contributed by atoms with van der Waals surface area (Å²) in [5.74, 6) is -0.152. The average molecular weight is 515 g/mol. The topological polar surface area (TPSA) is 74.9 Å². The summed E-state index contributed by atoms with van der Waals surface area (Å²) in [6.45, 7) is 13.8. The van der Waals surface area contributed by atoms with Gasteiger partial charge >= 0.3 is 0 Å². The van der Waals surface area contributed by atoms with Gasteiger partial charge in [0.05, 0.1) is 18.3 Å². The Kier molecular flexibility index (Phi) is 9.70. The van der Waals surface area contributed by atoms with Crippen LogP contribution in [0.4, 0.5) is 8.78 Å². The van der Waals surface area contributed by atoms with E-state index in [9.17, 15) is 13.6 Å². The smallest absolute Gasteiger partial charge is 0.272 e. The van der Waals surface area contributed by atoms with Gasteiger partial charge in [0.1, 0.15) is 11.7 Å². The van der Waals surface area contributed by atoms with E-state index in [1.54, 1.807) is 0 Å². The summed E-state index contributed by atoms with van der Waals surface area (Å²) >= 11 is 0. The molecular weight excluding hydrogens is 474 g/mol. The molecule has 1 fully saturated rings. The molecule has 1 aromatic heterocycles. The lowest BCUT2D eigenvalue weighted by Gasteiger charge is -2.20. The second-order valence-electron chi connectivity index (χ2n) is 10.7. The van der Waals surface area contributed by atoms with Gasteiger partial charge in [-0.1, -0.05) is 20.8 Å². The number of halogens is 2. The lowest BCUT2D eigenvalue weighted by atomic mass is 10.2. The average Bonchev–Trinajstić information content (AvgIpc) is 3.58. The van der Waals surface area contributed by atoms with Crippen LogP contribution in [0.5, 0.6) is 0 Å². The third kappa shape index (κ3) is 8.02. The van der Waals surface area contributed by atoms with Gasteiger partial charge < -0.3 is 9.88 Å². The predicted octanol–water partition coefficient (Wildman–Crippen LogP) is 5.49. The van der Waals surface area contributed by atoms with Crippen molar-refractivity contribution in [3.05, 3.63) is 41.2 Å². The number of nitrogens with zero attached hydrogens (tertiary/aromatic N) is 5. The number of rotatable bonds is 5. The molecule has 1 aliphatic carbocycles. The molecule has 1 unspecified atom stereocenters. The quantitative estimate of drug-likeness (QED) is 0.424. The van der Waals surface area contributed by atoms with E-state index in [1.165, 1.54) is 6.07 Å². The number of aliphatic imine (C=N–C) groups is 2. The fraction of sp³-hybridized carbons (Fsp3) is 0.571. The Balaban J connectivity index is 0.000000886. The Morgan fingerprint density at radius 3 is 2.46 bits per heavy atom. The first-order chi connectivity index (χ1) is 17.5. The van der Waals surface area contributed by atoms with Crippen molar-refractivity contribution in [3.63, 3.8) is 0 Å². The number of imidazole rings is 1. The highest BCUT2D eigenvalue weighted by molar-refractivity contribution is 6.01. The van der Waals surface area contributed by atoms with Gasteiger partial charge in [0.2, 0.25) is 0 Å². The summed E-state index contributed by atoms with van der Waals surface area (Å²) in [5.41, 5.74) is 2.25. The van der Waals surface area contributed by atoms with Gasteiger partial charge in [0.15, 0.2) is 17.3 Å². The van der Waals surface area contributed by atoms with E-state index in [1.807, 2.05) is 25.5 Å². The minimum absolute atomic E-state index is 0.273. The number of nitrogens with one attached hydrogen (secondary N) is 1. The zero-order valence-electron chi connectivity index (χ0n) is 23.1. The minimum atomic E-state index is -0.940. The molecule has 2 heterocycles. The van der Waals surface area contributed by atoms with Gasteiger partial charge in [-0.3, -0.25) is 14.7 Å². The molecule has 1 aromatic carbocycles. The van der Waals surface area contributed by atoms with Crippen LogP contribution in [0.3, 0.4) is 0 Å². The van der Waals surface area contributed by atoms with Gasteiger partial charge in [-0.15, -0.1) is 0 Å². The number of amidine groups is 1. The van der Waals surface area contributed by atoms with Crippen LogP contribution in [-0.4, -0.2) is 57.6 Å². The molecule has 37 heavy (non-hydrogen) atoms. The Morgan fingerprint density at radius 1 is 1.16 bits per heavy atom. The number of carbonyl (C=O) groups is 1. The SMILES string of the molecule is CC(C)C.CC(CNC(=O)c1nc(-c2ccc(F)c(F)c2)n2c1CN(C)C(C)CC2)=NC(C)=NC1CC1. The summed E-state index contributed by atoms with van der Waals surface area (Å²) < 4.78 is 29.4. The van der Waals surface area contributed by atoms with E-state index < -0.39 is 11.6 Å². The van der Waals surface area contributed by atoms with E-state index in [-0.39, 0.29) is 12.5 Å². The monoisotopic (exact) mass is 514 g/mol. The maximum absolute atomic E-state index is 13.9. The summed E-state index contributed by atoms with van der Waals surface area (Å²) in [4.78, 5) is 28.8. The van der Waals surface area contributed by atoms with Crippen molar-refractivity contribution in [1.29, 1.82) is 0 Å². The second kappa shape index (κ2) is 12.5. The molecule has 0 bridgehead atoms. The van der Waals surface area contributed by atoms with Crippen LogP contribution in [0.15, 0.2) is 28.2 Å². The maximum Gasteiger partial charge on any atom is 0.272 e. The molecule has 1 atom stereocenters. The molecule has 2 aromatic rings. The van der Waals surface area contributed by atoms with Crippen LogP contribution in [-0.2, 0) is 13.1 Å². The second-order valence-corrected chi connectivity index (χ2v) is 10.7. The molecule has 0 saturated heterocycles. The zero-order chi connectivity index (χ0) is 27.3. The number of fused-ring (bicyclic) bond motifs is 1. The van der Waals surface area contributed by atoms with E-state index in [0.29, 0.717) is 42.3 Å². The van der Waals surface area contributed by atoms with Crippen LogP contribution in [0.1, 0.15) is 77.0 Å². The fourth-order valence-electron chi connectivity index (χ4n) is 3.96. The van der Waals surface area contributed by atoms with E-state index >= 15 is 0 Å². The Morgan fingerprint density at radius 2 is 1.84 bits per heavy atom. The fourth-order valence-corrected chi connectivity index (χ4v) is 3.96. The van der Waals surface area contributed by atoms with Gasteiger partial charge in [-0.25, -0.2) is 18.8 Å². The third-order valence-corrected chi connectivity index (χ3v) is 6.16. The van der Waals surface area contributed by atoms with Crippen molar-refractivity contribution >= 4 is 17.5 Å². The number of amides is 1. The van der Waals surface area contributed by atoms with Gasteiger partial charge in [-0.2, -0.15) is 0 Å². The number of aromatic nitrogens is 2. The van der Waals surface area contributed by atoms with Crippen LogP contribution < -0.4 is 5.32 Å². The number of benzene rings is 1. The maximum atomic E-state index is 13.9. The highest BCUT2D eigenvalue weighted by Gasteiger charge is 2.28. The largest absolute Gasteiger partial charge is 0.345 e. The zero-order valence-corrected chi connectivity index (χ0v) is 23.1. The molecule has 4 rings (SSSR count). The lowest BCUT2D eigenvalue weighted by molar-refractivity contribution is 0.0952.